The summed E-state index contributed by atoms with van der Waals surface area (Å²) in [5.74, 6) is 0.0967. The monoisotopic (exact) mass is 404 g/mol. The van der Waals surface area contributed by atoms with Crippen molar-refractivity contribution >= 4 is 22.5 Å². The minimum atomic E-state index is -1.25. The van der Waals surface area contributed by atoms with E-state index < -0.39 is 11.6 Å². The predicted molar refractivity (Wildman–Crippen MR) is 108 cm³/mol. The number of methoxy groups -OCH3 is 1. The van der Waals surface area contributed by atoms with E-state index >= 15 is 0 Å². The number of ether oxygens (including phenoxy) is 2. The van der Waals surface area contributed by atoms with Crippen LogP contribution < -0.4 is 10.1 Å². The lowest BCUT2D eigenvalue weighted by Gasteiger charge is -2.38. The number of benzene rings is 1. The van der Waals surface area contributed by atoms with Gasteiger partial charge in [-0.3, -0.25) is 14.4 Å². The highest BCUT2D eigenvalue weighted by molar-refractivity contribution is 6.02. The molecule has 1 aromatic carbocycles. The van der Waals surface area contributed by atoms with Crippen LogP contribution >= 0.6 is 0 Å². The summed E-state index contributed by atoms with van der Waals surface area (Å²) >= 11 is 0. The Bertz CT molecular complexity index is 1170. The Balaban J connectivity index is 1.64. The lowest BCUT2D eigenvalue weighted by molar-refractivity contribution is -0.134. The number of carbonyl (C=O) groups is 1. The van der Waals surface area contributed by atoms with Crippen molar-refractivity contribution in [2.45, 2.75) is 24.6 Å². The summed E-state index contributed by atoms with van der Waals surface area (Å²) in [6.45, 7) is 1.55. The van der Waals surface area contributed by atoms with Crippen molar-refractivity contribution in [3.63, 3.8) is 0 Å². The second-order valence-corrected chi connectivity index (χ2v) is 7.39. The number of nitrogens with one attached hydrogen (secondary N) is 1. The molecule has 152 valence electrons. The van der Waals surface area contributed by atoms with E-state index in [-0.39, 0.29) is 5.91 Å². The summed E-state index contributed by atoms with van der Waals surface area (Å²) in [5.41, 5.74) is 1.02. The quantitative estimate of drug-likeness (QED) is 0.664. The molecule has 5 rings (SSSR count). The maximum atomic E-state index is 13.3. The minimum absolute atomic E-state index is 0.269. The third-order valence-electron chi connectivity index (χ3n) is 5.81. The van der Waals surface area contributed by atoms with Crippen molar-refractivity contribution in [2.75, 3.05) is 25.6 Å². The molecule has 0 saturated carbocycles. The molecule has 9 nitrogen and oxygen atoms in total. The average molecular weight is 404 g/mol. The molecule has 2 aliphatic heterocycles. The molecular weight excluding hydrogens is 384 g/mol. The van der Waals surface area contributed by atoms with Gasteiger partial charge in [0.2, 0.25) is 11.5 Å². The molecule has 30 heavy (non-hydrogen) atoms. The van der Waals surface area contributed by atoms with E-state index in [4.69, 9.17) is 9.47 Å². The molecule has 2 aliphatic rings. The predicted octanol–water partition coefficient (Wildman–Crippen LogP) is 2.08. The van der Waals surface area contributed by atoms with Crippen LogP contribution in [-0.2, 0) is 16.1 Å². The van der Waals surface area contributed by atoms with Gasteiger partial charge in [-0.15, -0.1) is 0 Å². The van der Waals surface area contributed by atoms with E-state index in [1.165, 1.54) is 0 Å². The Morgan fingerprint density at radius 3 is 3.13 bits per heavy atom. The summed E-state index contributed by atoms with van der Waals surface area (Å²) in [7, 11) is 1.65. The molecule has 1 spiro atoms. The Labute approximate surface area is 172 Å². The highest BCUT2D eigenvalue weighted by Crippen LogP contribution is 2.48. The van der Waals surface area contributed by atoms with Gasteiger partial charge in [-0.05, 0) is 23.8 Å². The molecule has 0 bridgehead atoms. The summed E-state index contributed by atoms with van der Waals surface area (Å²) in [5, 5.41) is 18.1. The van der Waals surface area contributed by atoms with Gasteiger partial charge < -0.3 is 14.8 Å². The molecule has 2 unspecified atom stereocenters. The fourth-order valence-electron chi connectivity index (χ4n) is 4.41. The Morgan fingerprint density at radius 2 is 2.30 bits per heavy atom. The van der Waals surface area contributed by atoms with Gasteiger partial charge in [0.15, 0.2) is 6.19 Å². The number of aromatic nitrogens is 3. The number of carbonyl (C=O) groups excluding carboxylic acids is 1. The van der Waals surface area contributed by atoms with Crippen LogP contribution in [0.15, 0.2) is 42.7 Å². The number of nitrogens with zero attached hydrogens (tertiary/aromatic N) is 5. The number of amides is 1. The van der Waals surface area contributed by atoms with Crippen LogP contribution in [0.25, 0.3) is 10.9 Å². The molecular formula is C21H20N6O3. The number of fused-ring (bicyclic) bond motifs is 2. The van der Waals surface area contributed by atoms with Crippen LogP contribution in [0.2, 0.25) is 0 Å². The molecule has 1 amide bonds. The second kappa shape index (κ2) is 7.00. The third kappa shape index (κ3) is 2.61. The topological polar surface area (TPSA) is 105 Å². The fourth-order valence-corrected chi connectivity index (χ4v) is 4.41. The first kappa shape index (κ1) is 18.4. The van der Waals surface area contributed by atoms with Gasteiger partial charge >= 0.3 is 0 Å². The first-order chi connectivity index (χ1) is 14.7. The smallest absolute Gasteiger partial charge is 0.271 e. The number of pyridine rings is 1. The number of hydrogen-bond donors (Lipinski definition) is 1. The SMILES string of the molecule is COCCn1ncc2c(C3N(C#N)CCC34Oc3ncccc3NC4=O)cccc21. The van der Waals surface area contributed by atoms with Gasteiger partial charge in [0.05, 0.1) is 24.9 Å². The lowest BCUT2D eigenvalue weighted by atomic mass is 9.85. The van der Waals surface area contributed by atoms with E-state index in [2.05, 4.69) is 21.6 Å². The molecule has 9 heteroatoms. The number of rotatable bonds is 4. The number of likely N-dealkylation sites (tertiary alicyclic amines) is 1. The van der Waals surface area contributed by atoms with Gasteiger partial charge in [0.1, 0.15) is 11.7 Å². The zero-order valence-corrected chi connectivity index (χ0v) is 16.4. The largest absolute Gasteiger partial charge is 0.457 e. The van der Waals surface area contributed by atoms with Gasteiger partial charge in [-0.2, -0.15) is 10.4 Å². The first-order valence-corrected chi connectivity index (χ1v) is 9.73. The van der Waals surface area contributed by atoms with Crippen LogP contribution in [0.3, 0.4) is 0 Å². The molecule has 1 N–H and O–H groups in total. The number of hydrogen-bond acceptors (Lipinski definition) is 7. The Kier molecular flexibility index (Phi) is 4.29. The minimum Gasteiger partial charge on any atom is -0.457 e. The van der Waals surface area contributed by atoms with Crippen LogP contribution in [0.4, 0.5) is 5.69 Å². The Morgan fingerprint density at radius 1 is 1.40 bits per heavy atom. The summed E-state index contributed by atoms with van der Waals surface area (Å²) in [6, 6.07) is 8.71. The van der Waals surface area contributed by atoms with Crippen molar-refractivity contribution in [3.05, 3.63) is 48.3 Å². The molecule has 1 fully saturated rings. The normalized spacial score (nSPS) is 22.6. The second-order valence-electron chi connectivity index (χ2n) is 7.39. The van der Waals surface area contributed by atoms with Crippen molar-refractivity contribution in [1.82, 2.24) is 19.7 Å². The number of nitriles is 1. The van der Waals surface area contributed by atoms with Crippen molar-refractivity contribution in [3.8, 4) is 12.1 Å². The van der Waals surface area contributed by atoms with Crippen LogP contribution in [0.1, 0.15) is 18.0 Å². The summed E-state index contributed by atoms with van der Waals surface area (Å²) in [4.78, 5) is 19.2. The van der Waals surface area contributed by atoms with E-state index in [9.17, 15) is 10.1 Å². The summed E-state index contributed by atoms with van der Waals surface area (Å²) in [6.07, 6.45) is 6.01. The van der Waals surface area contributed by atoms with Gasteiger partial charge in [0, 0.05) is 31.7 Å². The third-order valence-corrected chi connectivity index (χ3v) is 5.81. The standard InChI is InChI=1S/C21H20N6O3/c1-29-11-10-27-17-6-2-4-14(15(17)12-24-27)18-21(7-9-26(18)13-22)20(28)25-16-5-3-8-23-19(16)30-21/h2-6,8,12,18H,7,9-11H2,1H3,(H,25,28). The zero-order valence-electron chi connectivity index (χ0n) is 16.4. The maximum absolute atomic E-state index is 13.3. The van der Waals surface area contributed by atoms with Crippen molar-refractivity contribution in [1.29, 1.82) is 5.26 Å². The lowest BCUT2D eigenvalue weighted by Crippen LogP contribution is -2.54. The van der Waals surface area contributed by atoms with E-state index in [0.717, 1.165) is 16.5 Å². The highest BCUT2D eigenvalue weighted by Gasteiger charge is 2.58. The zero-order chi connectivity index (χ0) is 20.7. The number of anilines is 1. The van der Waals surface area contributed by atoms with E-state index in [1.807, 2.05) is 22.9 Å². The van der Waals surface area contributed by atoms with Crippen LogP contribution in [0, 0.1) is 11.5 Å². The first-order valence-electron chi connectivity index (χ1n) is 9.73. The molecule has 3 aromatic rings. The van der Waals surface area contributed by atoms with E-state index in [1.54, 1.807) is 36.5 Å². The molecule has 4 heterocycles. The van der Waals surface area contributed by atoms with Gasteiger partial charge in [0.25, 0.3) is 5.91 Å². The van der Waals surface area contributed by atoms with Gasteiger partial charge in [-0.1, -0.05) is 12.1 Å². The molecule has 2 aromatic heterocycles. The Hall–Kier alpha value is -3.64. The van der Waals surface area contributed by atoms with Gasteiger partial charge in [-0.25, -0.2) is 4.98 Å². The molecule has 1 saturated heterocycles. The molecule has 0 aliphatic carbocycles. The molecule has 0 radical (unpaired) electrons. The van der Waals surface area contributed by atoms with Crippen molar-refractivity contribution < 1.29 is 14.3 Å². The maximum Gasteiger partial charge on any atom is 0.271 e. The highest BCUT2D eigenvalue weighted by atomic mass is 16.5. The van der Waals surface area contributed by atoms with Crippen LogP contribution in [-0.4, -0.2) is 51.4 Å². The fraction of sp³-hybridized carbons (Fsp3) is 0.333. The van der Waals surface area contributed by atoms with Crippen molar-refractivity contribution in [2.24, 2.45) is 0 Å². The molecule has 2 atom stereocenters. The summed E-state index contributed by atoms with van der Waals surface area (Å²) < 4.78 is 13.3. The van der Waals surface area contributed by atoms with Crippen LogP contribution in [0.5, 0.6) is 5.88 Å². The average Bonchev–Trinajstić information content (AvgIpc) is 3.35. The van der Waals surface area contributed by atoms with E-state index in [0.29, 0.717) is 37.7 Å².